The first-order chi connectivity index (χ1) is 8.18. The topological polar surface area (TPSA) is 40.6 Å². The molecule has 0 amide bonds. The van der Waals surface area contributed by atoms with E-state index in [9.17, 15) is 9.59 Å². The molecule has 0 aliphatic carbocycles. The first-order valence-electron chi connectivity index (χ1n) is 5.70. The summed E-state index contributed by atoms with van der Waals surface area (Å²) in [6.07, 6.45) is 0.656. The maximum absolute atomic E-state index is 9.81. The van der Waals surface area contributed by atoms with Gasteiger partial charge < -0.3 is 0 Å². The smallest absolute Gasteiger partial charge is 0.194 e. The third kappa shape index (κ3) is 54.0. The molecule has 4 nitrogen and oxygen atoms in total. The number of rotatable bonds is 3. The van der Waals surface area contributed by atoms with E-state index in [1.165, 1.54) is 0 Å². The maximum atomic E-state index is 9.81. The molecule has 18 heavy (non-hydrogen) atoms. The van der Waals surface area contributed by atoms with Crippen LogP contribution in [0.25, 0.3) is 0 Å². The van der Waals surface area contributed by atoms with Gasteiger partial charge in [0.2, 0.25) is 0 Å². The van der Waals surface area contributed by atoms with Crippen LogP contribution in [0.1, 0.15) is 34.1 Å². The molecule has 3 atom stereocenters. The van der Waals surface area contributed by atoms with E-state index < -0.39 is 0 Å². The summed E-state index contributed by atoms with van der Waals surface area (Å²) < 4.78 is 4.60. The molecule has 0 saturated heterocycles. The molecule has 0 bridgehead atoms. The molecule has 0 fully saturated rings. The van der Waals surface area contributed by atoms with E-state index in [1.54, 1.807) is 6.92 Å². The van der Waals surface area contributed by atoms with Crippen LogP contribution >= 0.6 is 41.4 Å². The summed E-state index contributed by atoms with van der Waals surface area (Å²) in [5, 5.41) is 0. The van der Waals surface area contributed by atoms with E-state index in [-0.39, 0.29) is 5.78 Å². The standard InChI is InChI=1S/C4H6O2.C3H9INP.C2H8NP.C2H6/c1-2-4(6)3-5;1-3(4)5(2)6;1-3(2)4;1-2/h3H,2H2,1H3;3H,6H2,1-2H3;4H2,1-2H3;1-2H3. The van der Waals surface area contributed by atoms with Crippen molar-refractivity contribution in [3.63, 3.8) is 0 Å². The van der Waals surface area contributed by atoms with E-state index in [0.29, 0.717) is 16.8 Å². The minimum atomic E-state index is -0.338. The zero-order valence-corrected chi connectivity index (χ0v) is 17.1. The minimum Gasteiger partial charge on any atom is -0.295 e. The van der Waals surface area contributed by atoms with Gasteiger partial charge >= 0.3 is 0 Å². The van der Waals surface area contributed by atoms with Crippen molar-refractivity contribution in [3.05, 3.63) is 0 Å². The van der Waals surface area contributed by atoms with Crippen LogP contribution in [0.5, 0.6) is 0 Å². The van der Waals surface area contributed by atoms with E-state index in [4.69, 9.17) is 0 Å². The van der Waals surface area contributed by atoms with E-state index in [0.717, 1.165) is 0 Å². The van der Waals surface area contributed by atoms with Crippen LogP contribution in [0.3, 0.4) is 0 Å². The zero-order valence-electron chi connectivity index (χ0n) is 12.6. The molecule has 0 aliphatic heterocycles. The van der Waals surface area contributed by atoms with Crippen LogP contribution < -0.4 is 0 Å². The fourth-order valence-electron chi connectivity index (χ4n) is 0.0833. The molecule has 0 heterocycles. The summed E-state index contributed by atoms with van der Waals surface area (Å²) in [6.45, 7) is 7.78. The lowest BCUT2D eigenvalue weighted by atomic mass is 10.3. The van der Waals surface area contributed by atoms with E-state index >= 15 is 0 Å². The van der Waals surface area contributed by atoms with Crippen LogP contribution in [0.4, 0.5) is 0 Å². The molecule has 0 spiro atoms. The van der Waals surface area contributed by atoms with Gasteiger partial charge in [0, 0.05) is 6.42 Å². The van der Waals surface area contributed by atoms with Crippen molar-refractivity contribution in [1.82, 2.24) is 9.34 Å². The van der Waals surface area contributed by atoms with Crippen molar-refractivity contribution >= 4 is 53.4 Å². The quantitative estimate of drug-likeness (QED) is 0.179. The second-order valence-electron chi connectivity index (χ2n) is 3.14. The minimum absolute atomic E-state index is 0.323. The predicted molar refractivity (Wildman–Crippen MR) is 97.1 cm³/mol. The number of ketones is 1. The Balaban J connectivity index is -0.0000000777. The Bertz CT molecular complexity index is 172. The summed E-state index contributed by atoms with van der Waals surface area (Å²) in [4.78, 5) is 19.2. The van der Waals surface area contributed by atoms with Crippen molar-refractivity contribution in [2.45, 2.75) is 38.2 Å². The SMILES string of the molecule is CC.CC(I)N(C)P.CCC(=O)C=O.CN(C)P. The van der Waals surface area contributed by atoms with Gasteiger partial charge in [-0.15, -0.1) is 0 Å². The lowest BCUT2D eigenvalue weighted by Gasteiger charge is -2.10. The van der Waals surface area contributed by atoms with Crippen LogP contribution in [-0.2, 0) is 9.59 Å². The van der Waals surface area contributed by atoms with Gasteiger partial charge in [0.05, 0.1) is 4.05 Å². The van der Waals surface area contributed by atoms with Gasteiger partial charge in [0.1, 0.15) is 0 Å². The normalized spacial score (nSPS) is 10.0. The van der Waals surface area contributed by atoms with Gasteiger partial charge in [-0.1, -0.05) is 62.1 Å². The molecule has 0 aromatic rings. The second kappa shape index (κ2) is 23.0. The number of aldehydes is 1. The number of nitrogens with zero attached hydrogens (tertiary/aromatic N) is 2. The van der Waals surface area contributed by atoms with Crippen LogP contribution in [0.2, 0.25) is 0 Å². The highest BCUT2D eigenvalue weighted by Gasteiger charge is 1.93. The number of hydrogen-bond donors (Lipinski definition) is 0. The number of carbonyl (C=O) groups is 2. The van der Waals surface area contributed by atoms with Crippen molar-refractivity contribution in [1.29, 1.82) is 0 Å². The van der Waals surface area contributed by atoms with Crippen molar-refractivity contribution in [2.75, 3.05) is 21.1 Å². The first-order valence-corrected chi connectivity index (χ1v) is 7.98. The fraction of sp³-hybridized carbons (Fsp3) is 0.818. The van der Waals surface area contributed by atoms with Crippen molar-refractivity contribution in [3.8, 4) is 0 Å². The molecule has 0 aromatic heterocycles. The number of hydrogen-bond acceptors (Lipinski definition) is 4. The molecule has 0 N–H and O–H groups in total. The van der Waals surface area contributed by atoms with Gasteiger partial charge in [0.15, 0.2) is 12.1 Å². The molecule has 0 aromatic carbocycles. The van der Waals surface area contributed by atoms with Crippen LogP contribution in [0.15, 0.2) is 0 Å². The number of Topliss-reactive ketones (excluding diaryl/α,β-unsaturated/α-hetero) is 1. The second-order valence-corrected chi connectivity index (χ2v) is 6.79. The van der Waals surface area contributed by atoms with E-state index in [2.05, 4.69) is 53.0 Å². The Morgan fingerprint density at radius 2 is 1.50 bits per heavy atom. The molecule has 0 saturated carbocycles. The lowest BCUT2D eigenvalue weighted by molar-refractivity contribution is -0.129. The summed E-state index contributed by atoms with van der Waals surface area (Å²) in [7, 11) is 11.0. The summed E-state index contributed by atoms with van der Waals surface area (Å²) in [5.74, 6) is -0.338. The first kappa shape index (κ1) is 27.2. The highest BCUT2D eigenvalue weighted by Crippen LogP contribution is 2.07. The fourth-order valence-corrected chi connectivity index (χ4v) is 0.0833. The van der Waals surface area contributed by atoms with Gasteiger partial charge in [-0.2, -0.15) is 0 Å². The number of alkyl halides is 1. The molecule has 3 unspecified atom stereocenters. The Morgan fingerprint density at radius 3 is 1.50 bits per heavy atom. The summed E-state index contributed by atoms with van der Waals surface area (Å²) in [6, 6.07) is 0. The van der Waals surface area contributed by atoms with E-state index in [1.807, 2.05) is 39.7 Å². The lowest BCUT2D eigenvalue weighted by Crippen LogP contribution is -2.09. The van der Waals surface area contributed by atoms with Crippen LogP contribution in [-0.4, -0.2) is 46.6 Å². The van der Waals surface area contributed by atoms with Crippen molar-refractivity contribution < 1.29 is 9.59 Å². The summed E-state index contributed by atoms with van der Waals surface area (Å²) in [5.41, 5.74) is 0. The van der Waals surface area contributed by atoms with Crippen molar-refractivity contribution in [2.24, 2.45) is 0 Å². The van der Waals surface area contributed by atoms with Gasteiger partial charge in [0.25, 0.3) is 0 Å². The van der Waals surface area contributed by atoms with Gasteiger partial charge in [-0.25, -0.2) is 0 Å². The largest absolute Gasteiger partial charge is 0.295 e. The molecule has 112 valence electrons. The monoisotopic (exact) mass is 410 g/mol. The summed E-state index contributed by atoms with van der Waals surface area (Å²) >= 11 is 2.34. The maximum Gasteiger partial charge on any atom is 0.194 e. The zero-order chi connectivity index (χ0) is 15.7. The third-order valence-corrected chi connectivity index (χ3v) is 2.97. The molecule has 0 aliphatic rings. The molecule has 0 rings (SSSR count). The van der Waals surface area contributed by atoms with Gasteiger partial charge in [-0.3, -0.25) is 18.9 Å². The Kier molecular flexibility index (Phi) is 34.8. The van der Waals surface area contributed by atoms with Crippen LogP contribution in [0, 0.1) is 0 Å². The number of carbonyl (C=O) groups excluding carboxylic acids is 2. The average Bonchev–Trinajstić information content (AvgIpc) is 2.30. The molecule has 7 heteroatoms. The molecular formula is C11H29IN2O2P2. The Labute approximate surface area is 131 Å². The predicted octanol–water partition coefficient (Wildman–Crippen LogP) is 3.02. The highest BCUT2D eigenvalue weighted by molar-refractivity contribution is 14.1. The number of halogens is 1. The average molecular weight is 410 g/mol. The molecular weight excluding hydrogens is 381 g/mol. The third-order valence-electron chi connectivity index (χ3n) is 1.04. The molecule has 0 radical (unpaired) electrons. The van der Waals surface area contributed by atoms with Gasteiger partial charge in [-0.05, 0) is 28.1 Å². The Morgan fingerprint density at radius 1 is 1.28 bits per heavy atom. The Hall–Kier alpha value is 0.850. The highest BCUT2D eigenvalue weighted by atomic mass is 127.